The number of ketones is 1. The molecule has 0 aromatic heterocycles. The number of hydrogen-bond donors (Lipinski definition) is 0. The predicted molar refractivity (Wildman–Crippen MR) is 88.5 cm³/mol. The highest BCUT2D eigenvalue weighted by atomic mass is 16.1. The van der Waals surface area contributed by atoms with E-state index in [2.05, 4.69) is 38.1 Å². The van der Waals surface area contributed by atoms with Crippen molar-refractivity contribution in [2.24, 2.45) is 0 Å². The van der Waals surface area contributed by atoms with E-state index < -0.39 is 0 Å². The smallest absolute Gasteiger partial charge is 0.143 e. The average Bonchev–Trinajstić information content (AvgIpc) is 2.56. The van der Waals surface area contributed by atoms with E-state index in [9.17, 15) is 4.79 Å². The Bertz CT molecular complexity index is 553. The Morgan fingerprint density at radius 1 is 0.857 bits per heavy atom. The van der Waals surface area contributed by atoms with Crippen LogP contribution in [0.3, 0.4) is 0 Å². The van der Waals surface area contributed by atoms with Crippen molar-refractivity contribution >= 4 is 5.78 Å². The van der Waals surface area contributed by atoms with Gasteiger partial charge in [0, 0.05) is 6.42 Å². The molecule has 0 radical (unpaired) electrons. The lowest BCUT2D eigenvalue weighted by atomic mass is 9.71. The number of rotatable bonds is 7. The fourth-order valence-corrected chi connectivity index (χ4v) is 3.11. The maximum atomic E-state index is 12.9. The lowest BCUT2D eigenvalue weighted by molar-refractivity contribution is -0.124. The zero-order chi connectivity index (χ0) is 15.1. The standard InChI is InChI=1S/C20H24O/c1-3-20(4-2,18-13-9-6-10-14-18)19(21)16-15-17-11-7-5-8-12-17/h5-14H,3-4,15-16H2,1-2H3. The summed E-state index contributed by atoms with van der Waals surface area (Å²) in [4.78, 5) is 12.9. The van der Waals surface area contributed by atoms with Gasteiger partial charge in [0.15, 0.2) is 0 Å². The van der Waals surface area contributed by atoms with Gasteiger partial charge in [0.25, 0.3) is 0 Å². The third kappa shape index (κ3) is 3.41. The second-order valence-corrected chi connectivity index (χ2v) is 5.56. The quantitative estimate of drug-likeness (QED) is 0.701. The summed E-state index contributed by atoms with van der Waals surface area (Å²) in [5.41, 5.74) is 2.07. The minimum Gasteiger partial charge on any atom is -0.299 e. The summed E-state index contributed by atoms with van der Waals surface area (Å²) in [6, 6.07) is 20.5. The molecule has 0 unspecified atom stereocenters. The fourth-order valence-electron chi connectivity index (χ4n) is 3.11. The highest BCUT2D eigenvalue weighted by Gasteiger charge is 2.35. The van der Waals surface area contributed by atoms with E-state index >= 15 is 0 Å². The molecule has 0 spiro atoms. The normalized spacial score (nSPS) is 11.3. The number of benzene rings is 2. The number of aryl methyl sites for hydroxylation is 1. The van der Waals surface area contributed by atoms with Crippen molar-refractivity contribution in [2.75, 3.05) is 0 Å². The first-order chi connectivity index (χ1) is 10.2. The molecule has 0 aliphatic heterocycles. The van der Waals surface area contributed by atoms with E-state index in [1.54, 1.807) is 0 Å². The zero-order valence-corrected chi connectivity index (χ0v) is 13.0. The number of hydrogen-bond acceptors (Lipinski definition) is 1. The van der Waals surface area contributed by atoms with Crippen LogP contribution in [0, 0.1) is 0 Å². The van der Waals surface area contributed by atoms with Crippen molar-refractivity contribution in [1.29, 1.82) is 0 Å². The summed E-state index contributed by atoms with van der Waals surface area (Å²) >= 11 is 0. The van der Waals surface area contributed by atoms with Crippen LogP contribution in [0.4, 0.5) is 0 Å². The highest BCUT2D eigenvalue weighted by Crippen LogP contribution is 2.34. The summed E-state index contributed by atoms with van der Waals surface area (Å²) < 4.78 is 0. The Hall–Kier alpha value is -1.89. The van der Waals surface area contributed by atoms with Gasteiger partial charge in [-0.3, -0.25) is 4.79 Å². The van der Waals surface area contributed by atoms with E-state index in [1.807, 2.05) is 36.4 Å². The molecule has 0 bridgehead atoms. The SMILES string of the molecule is CCC(CC)(C(=O)CCc1ccccc1)c1ccccc1. The van der Waals surface area contributed by atoms with Gasteiger partial charge in [0.05, 0.1) is 5.41 Å². The molecule has 0 fully saturated rings. The third-order valence-corrected chi connectivity index (χ3v) is 4.55. The molecular formula is C20H24O. The van der Waals surface area contributed by atoms with Gasteiger partial charge in [-0.15, -0.1) is 0 Å². The molecule has 0 atom stereocenters. The molecule has 0 heterocycles. The fraction of sp³-hybridized carbons (Fsp3) is 0.350. The van der Waals surface area contributed by atoms with Gasteiger partial charge >= 0.3 is 0 Å². The first kappa shape index (κ1) is 15.5. The second kappa shape index (κ2) is 7.21. The van der Waals surface area contributed by atoms with Crippen LogP contribution in [0.1, 0.15) is 44.2 Å². The molecule has 0 aliphatic carbocycles. The monoisotopic (exact) mass is 280 g/mol. The molecule has 1 heteroatoms. The molecule has 0 amide bonds. The molecule has 0 saturated heterocycles. The molecular weight excluding hydrogens is 256 g/mol. The van der Waals surface area contributed by atoms with E-state index in [4.69, 9.17) is 0 Å². The van der Waals surface area contributed by atoms with Crippen LogP contribution < -0.4 is 0 Å². The van der Waals surface area contributed by atoms with Gasteiger partial charge < -0.3 is 0 Å². The van der Waals surface area contributed by atoms with Crippen LogP contribution in [0.2, 0.25) is 0 Å². The minimum atomic E-state index is -0.323. The average molecular weight is 280 g/mol. The molecule has 2 rings (SSSR count). The predicted octanol–water partition coefficient (Wildman–Crippen LogP) is 4.95. The van der Waals surface area contributed by atoms with Crippen LogP contribution >= 0.6 is 0 Å². The zero-order valence-electron chi connectivity index (χ0n) is 13.0. The molecule has 0 aliphatic rings. The van der Waals surface area contributed by atoms with Crippen LogP contribution in [0.25, 0.3) is 0 Å². The van der Waals surface area contributed by atoms with Crippen LogP contribution in [0.5, 0.6) is 0 Å². The first-order valence-electron chi connectivity index (χ1n) is 7.85. The van der Waals surface area contributed by atoms with Crippen LogP contribution in [-0.4, -0.2) is 5.78 Å². The number of Topliss-reactive ketones (excluding diaryl/α,β-unsaturated/α-hetero) is 1. The topological polar surface area (TPSA) is 17.1 Å². The molecule has 2 aromatic carbocycles. The second-order valence-electron chi connectivity index (χ2n) is 5.56. The van der Waals surface area contributed by atoms with Gasteiger partial charge in [-0.05, 0) is 30.4 Å². The lowest BCUT2D eigenvalue weighted by Gasteiger charge is -2.31. The van der Waals surface area contributed by atoms with Gasteiger partial charge in [0.2, 0.25) is 0 Å². The molecule has 1 nitrogen and oxygen atoms in total. The molecule has 0 saturated carbocycles. The number of carbonyl (C=O) groups is 1. The maximum absolute atomic E-state index is 12.9. The Labute approximate surface area is 128 Å². The van der Waals surface area contributed by atoms with E-state index in [1.165, 1.54) is 5.56 Å². The van der Waals surface area contributed by atoms with Crippen molar-refractivity contribution in [3.05, 3.63) is 71.8 Å². The van der Waals surface area contributed by atoms with Crippen molar-refractivity contribution in [3.8, 4) is 0 Å². The summed E-state index contributed by atoms with van der Waals surface area (Å²) in [6.07, 6.45) is 3.16. The summed E-state index contributed by atoms with van der Waals surface area (Å²) in [5, 5.41) is 0. The van der Waals surface area contributed by atoms with Crippen molar-refractivity contribution in [2.45, 2.75) is 44.9 Å². The Morgan fingerprint density at radius 3 is 1.90 bits per heavy atom. The van der Waals surface area contributed by atoms with Crippen molar-refractivity contribution < 1.29 is 4.79 Å². The van der Waals surface area contributed by atoms with Gasteiger partial charge in [0.1, 0.15) is 5.78 Å². The highest BCUT2D eigenvalue weighted by molar-refractivity contribution is 5.90. The lowest BCUT2D eigenvalue weighted by Crippen LogP contribution is -2.35. The molecule has 2 aromatic rings. The maximum Gasteiger partial charge on any atom is 0.143 e. The summed E-state index contributed by atoms with van der Waals surface area (Å²) in [7, 11) is 0. The van der Waals surface area contributed by atoms with Crippen LogP contribution in [0.15, 0.2) is 60.7 Å². The Kier molecular flexibility index (Phi) is 5.32. The first-order valence-corrected chi connectivity index (χ1v) is 7.85. The van der Waals surface area contributed by atoms with E-state index in [0.29, 0.717) is 12.2 Å². The molecule has 110 valence electrons. The van der Waals surface area contributed by atoms with E-state index in [0.717, 1.165) is 24.8 Å². The minimum absolute atomic E-state index is 0.323. The third-order valence-electron chi connectivity index (χ3n) is 4.55. The molecule has 0 N–H and O–H groups in total. The Balaban J connectivity index is 2.16. The van der Waals surface area contributed by atoms with E-state index in [-0.39, 0.29) is 5.41 Å². The Morgan fingerprint density at radius 2 is 1.38 bits per heavy atom. The summed E-state index contributed by atoms with van der Waals surface area (Å²) in [5.74, 6) is 0.363. The van der Waals surface area contributed by atoms with Gasteiger partial charge in [-0.2, -0.15) is 0 Å². The van der Waals surface area contributed by atoms with Crippen molar-refractivity contribution in [3.63, 3.8) is 0 Å². The van der Waals surface area contributed by atoms with Gasteiger partial charge in [-0.1, -0.05) is 74.5 Å². The molecule has 21 heavy (non-hydrogen) atoms. The largest absolute Gasteiger partial charge is 0.299 e. The van der Waals surface area contributed by atoms with Crippen molar-refractivity contribution in [1.82, 2.24) is 0 Å². The van der Waals surface area contributed by atoms with Gasteiger partial charge in [-0.25, -0.2) is 0 Å². The van der Waals surface area contributed by atoms with Crippen LogP contribution in [-0.2, 0) is 16.6 Å². The summed E-state index contributed by atoms with van der Waals surface area (Å²) in [6.45, 7) is 4.24. The number of carbonyl (C=O) groups excluding carboxylic acids is 1.